The number of likely N-dealkylation sites (tertiary alicyclic amines) is 1. The third-order valence-corrected chi connectivity index (χ3v) is 5.11. The first-order valence-electron chi connectivity index (χ1n) is 8.25. The number of hydrogen-bond donors (Lipinski definition) is 1. The molecule has 6 nitrogen and oxygen atoms in total. The molecule has 7 heteroatoms. The number of hydrogen-bond acceptors (Lipinski definition) is 5. The van der Waals surface area contributed by atoms with Gasteiger partial charge in [-0.15, -0.1) is 11.8 Å². The first kappa shape index (κ1) is 17.5. The van der Waals surface area contributed by atoms with Crippen LogP contribution in [0.15, 0.2) is 41.0 Å². The first-order chi connectivity index (χ1) is 12.1. The van der Waals surface area contributed by atoms with Crippen LogP contribution in [-0.2, 0) is 15.3 Å². The van der Waals surface area contributed by atoms with Crippen LogP contribution in [0.25, 0.3) is 11.5 Å². The highest BCUT2D eigenvalue weighted by atomic mass is 32.2. The molecule has 1 amide bonds. The number of aliphatic carboxylic acids is 1. The van der Waals surface area contributed by atoms with Crippen molar-refractivity contribution in [1.82, 2.24) is 9.88 Å². The third kappa shape index (κ3) is 4.42. The molecule has 1 N–H and O–H groups in total. The summed E-state index contributed by atoms with van der Waals surface area (Å²) < 4.78 is 5.48. The number of aromatic nitrogens is 1. The highest BCUT2D eigenvalue weighted by Gasteiger charge is 2.31. The van der Waals surface area contributed by atoms with Gasteiger partial charge in [0.2, 0.25) is 11.8 Å². The predicted octanol–water partition coefficient (Wildman–Crippen LogP) is 3.04. The molecule has 1 unspecified atom stereocenters. The molecule has 2 aromatic rings. The fourth-order valence-corrected chi connectivity index (χ4v) is 3.68. The van der Waals surface area contributed by atoms with E-state index in [0.717, 1.165) is 24.1 Å². The zero-order valence-corrected chi connectivity index (χ0v) is 14.6. The van der Waals surface area contributed by atoms with Crippen molar-refractivity contribution in [2.45, 2.75) is 31.1 Å². The highest BCUT2D eigenvalue weighted by molar-refractivity contribution is 7.99. The van der Waals surface area contributed by atoms with Gasteiger partial charge in [-0.1, -0.05) is 18.2 Å². The molecule has 132 valence electrons. The third-order valence-electron chi connectivity index (χ3n) is 4.16. The number of amides is 1. The maximum atomic E-state index is 12.3. The molecule has 1 aromatic heterocycles. The van der Waals surface area contributed by atoms with Crippen LogP contribution in [0, 0.1) is 0 Å². The molecule has 3 rings (SSSR count). The van der Waals surface area contributed by atoms with Crippen molar-refractivity contribution in [2.75, 3.05) is 12.3 Å². The van der Waals surface area contributed by atoms with Crippen molar-refractivity contribution < 1.29 is 19.1 Å². The van der Waals surface area contributed by atoms with Crippen LogP contribution in [-0.4, -0.2) is 45.2 Å². The van der Waals surface area contributed by atoms with Crippen LogP contribution in [0.1, 0.15) is 25.0 Å². The van der Waals surface area contributed by atoms with Gasteiger partial charge in [-0.05, 0) is 31.4 Å². The van der Waals surface area contributed by atoms with E-state index in [4.69, 9.17) is 4.42 Å². The van der Waals surface area contributed by atoms with Gasteiger partial charge in [0.15, 0.2) is 0 Å². The van der Waals surface area contributed by atoms with Crippen LogP contribution < -0.4 is 0 Å². The average Bonchev–Trinajstić information content (AvgIpc) is 3.11. The monoisotopic (exact) mass is 360 g/mol. The lowest BCUT2D eigenvalue weighted by Crippen LogP contribution is -2.48. The van der Waals surface area contributed by atoms with E-state index in [-0.39, 0.29) is 11.7 Å². The van der Waals surface area contributed by atoms with E-state index in [1.807, 2.05) is 30.3 Å². The molecule has 1 saturated heterocycles. The first-order valence-corrected chi connectivity index (χ1v) is 9.40. The summed E-state index contributed by atoms with van der Waals surface area (Å²) in [4.78, 5) is 29.5. The number of carbonyl (C=O) groups excluding carboxylic acids is 1. The molecule has 25 heavy (non-hydrogen) atoms. The lowest BCUT2D eigenvalue weighted by Gasteiger charge is -2.32. The molecule has 1 atom stereocenters. The van der Waals surface area contributed by atoms with Gasteiger partial charge < -0.3 is 14.4 Å². The highest BCUT2D eigenvalue weighted by Crippen LogP contribution is 2.22. The van der Waals surface area contributed by atoms with Gasteiger partial charge in [-0.25, -0.2) is 9.78 Å². The molecule has 2 heterocycles. The second kappa shape index (κ2) is 8.20. The van der Waals surface area contributed by atoms with Crippen LogP contribution in [0.4, 0.5) is 0 Å². The molecular weight excluding hydrogens is 340 g/mol. The van der Waals surface area contributed by atoms with Crippen LogP contribution in [0.5, 0.6) is 0 Å². The molecule has 1 fully saturated rings. The molecule has 0 bridgehead atoms. The predicted molar refractivity (Wildman–Crippen MR) is 95.1 cm³/mol. The quantitative estimate of drug-likeness (QED) is 0.852. The molecule has 0 saturated carbocycles. The number of nitrogens with zero attached hydrogens (tertiary/aromatic N) is 2. The zero-order valence-electron chi connectivity index (χ0n) is 13.8. The molecule has 0 spiro atoms. The molecule has 1 aliphatic heterocycles. The summed E-state index contributed by atoms with van der Waals surface area (Å²) in [6, 6.07) is 8.94. The normalized spacial score (nSPS) is 17.4. The van der Waals surface area contributed by atoms with E-state index in [1.54, 1.807) is 6.26 Å². The van der Waals surface area contributed by atoms with Crippen molar-refractivity contribution in [3.8, 4) is 11.5 Å². The summed E-state index contributed by atoms with van der Waals surface area (Å²) in [6.45, 7) is 0.526. The summed E-state index contributed by atoms with van der Waals surface area (Å²) in [7, 11) is 0. The summed E-state index contributed by atoms with van der Waals surface area (Å²) in [5.74, 6) is 0.320. The Balaban J connectivity index is 1.52. The van der Waals surface area contributed by atoms with E-state index < -0.39 is 12.0 Å². The smallest absolute Gasteiger partial charge is 0.326 e. The number of benzene rings is 1. The minimum absolute atomic E-state index is 0.121. The van der Waals surface area contributed by atoms with Crippen molar-refractivity contribution in [3.63, 3.8) is 0 Å². The van der Waals surface area contributed by atoms with Crippen molar-refractivity contribution in [2.24, 2.45) is 0 Å². The summed E-state index contributed by atoms with van der Waals surface area (Å²) in [6.07, 6.45) is 3.86. The van der Waals surface area contributed by atoms with E-state index in [2.05, 4.69) is 4.98 Å². The van der Waals surface area contributed by atoms with Crippen molar-refractivity contribution in [3.05, 3.63) is 42.3 Å². The standard InChI is InChI=1S/C18H20N2O4S/c21-16(20-9-5-4-8-15(20)18(22)23)12-25-11-14-10-24-17(19-14)13-6-2-1-3-7-13/h1-3,6-7,10,15H,4-5,8-9,11-12H2,(H,22,23). The van der Waals surface area contributed by atoms with Crippen LogP contribution in [0.2, 0.25) is 0 Å². The minimum Gasteiger partial charge on any atom is -0.480 e. The Hall–Kier alpha value is -2.28. The second-order valence-electron chi connectivity index (χ2n) is 5.94. The number of carboxylic acid groups (broad SMARTS) is 1. The average molecular weight is 360 g/mol. The molecule has 0 aliphatic carbocycles. The van der Waals surface area contributed by atoms with Gasteiger partial charge in [-0.2, -0.15) is 0 Å². The van der Waals surface area contributed by atoms with Gasteiger partial charge in [0, 0.05) is 17.9 Å². The summed E-state index contributed by atoms with van der Waals surface area (Å²) >= 11 is 1.42. The Labute approximate surface area is 150 Å². The number of carboxylic acids is 1. The number of piperidine rings is 1. The second-order valence-corrected chi connectivity index (χ2v) is 6.93. The van der Waals surface area contributed by atoms with Crippen LogP contribution in [0.3, 0.4) is 0 Å². The van der Waals surface area contributed by atoms with Gasteiger partial charge in [-0.3, -0.25) is 4.79 Å². The van der Waals surface area contributed by atoms with Gasteiger partial charge in [0.25, 0.3) is 0 Å². The molecule has 1 aliphatic rings. The Morgan fingerprint density at radius 2 is 2.08 bits per heavy atom. The van der Waals surface area contributed by atoms with E-state index in [9.17, 15) is 14.7 Å². The Morgan fingerprint density at radius 1 is 1.28 bits per heavy atom. The fourth-order valence-electron chi connectivity index (χ4n) is 2.90. The Kier molecular flexibility index (Phi) is 5.75. The van der Waals surface area contributed by atoms with Crippen LogP contribution >= 0.6 is 11.8 Å². The topological polar surface area (TPSA) is 83.6 Å². The number of rotatable bonds is 6. The Morgan fingerprint density at radius 3 is 2.84 bits per heavy atom. The Bertz CT molecular complexity index is 732. The van der Waals surface area contributed by atoms with Crippen molar-refractivity contribution >= 4 is 23.6 Å². The fraction of sp³-hybridized carbons (Fsp3) is 0.389. The van der Waals surface area contributed by atoms with E-state index in [1.165, 1.54) is 16.7 Å². The van der Waals surface area contributed by atoms with Gasteiger partial charge in [0.1, 0.15) is 12.3 Å². The molecule has 1 aromatic carbocycles. The maximum absolute atomic E-state index is 12.3. The minimum atomic E-state index is -0.915. The molecule has 0 radical (unpaired) electrons. The number of carbonyl (C=O) groups is 2. The summed E-state index contributed by atoms with van der Waals surface area (Å²) in [5, 5.41) is 9.25. The SMILES string of the molecule is O=C(O)C1CCCCN1C(=O)CSCc1coc(-c2ccccc2)n1. The lowest BCUT2D eigenvalue weighted by molar-refractivity contribution is -0.150. The number of thioether (sulfide) groups is 1. The van der Waals surface area contributed by atoms with Gasteiger partial charge in [0.05, 0.1) is 11.4 Å². The summed E-state index contributed by atoms with van der Waals surface area (Å²) in [5.41, 5.74) is 1.68. The van der Waals surface area contributed by atoms with E-state index in [0.29, 0.717) is 24.6 Å². The zero-order chi connectivity index (χ0) is 17.6. The maximum Gasteiger partial charge on any atom is 0.326 e. The molecular formula is C18H20N2O4S. The van der Waals surface area contributed by atoms with Crippen molar-refractivity contribution in [1.29, 1.82) is 0 Å². The largest absolute Gasteiger partial charge is 0.480 e. The lowest BCUT2D eigenvalue weighted by atomic mass is 10.0. The number of oxazole rings is 1. The van der Waals surface area contributed by atoms with Gasteiger partial charge >= 0.3 is 5.97 Å². The van der Waals surface area contributed by atoms with E-state index >= 15 is 0 Å².